The Balaban J connectivity index is 2.40. The Hall–Kier alpha value is 0.0300. The first-order chi connectivity index (χ1) is 7.69. The third-order valence-electron chi connectivity index (χ3n) is 2.65. The lowest BCUT2D eigenvalue weighted by Crippen LogP contribution is -2.32. The van der Waals surface area contributed by atoms with Crippen molar-refractivity contribution in [1.82, 2.24) is 0 Å². The molecule has 16 heavy (non-hydrogen) atoms. The van der Waals surface area contributed by atoms with E-state index in [-0.39, 0.29) is 17.6 Å². The molecular formula is C11H22O4S. The average Bonchev–Trinajstić information content (AvgIpc) is 2.65. The van der Waals surface area contributed by atoms with Crippen LogP contribution < -0.4 is 0 Å². The van der Waals surface area contributed by atoms with E-state index in [9.17, 15) is 4.21 Å². The standard InChI is InChI=1S/C11H22O4S/c1-4-13-11(14-5-2)8-16(12)10-6-7-15-9(10)3/h9-11H,4-8H2,1-3H3. The molecule has 1 aliphatic heterocycles. The van der Waals surface area contributed by atoms with Crippen molar-refractivity contribution in [2.24, 2.45) is 0 Å². The van der Waals surface area contributed by atoms with Crippen molar-refractivity contribution in [1.29, 1.82) is 0 Å². The smallest absolute Gasteiger partial charge is 0.168 e. The third-order valence-corrected chi connectivity index (χ3v) is 4.54. The zero-order chi connectivity index (χ0) is 12.0. The third kappa shape index (κ3) is 4.13. The van der Waals surface area contributed by atoms with Gasteiger partial charge in [0.2, 0.25) is 0 Å². The monoisotopic (exact) mass is 250 g/mol. The molecular weight excluding hydrogens is 228 g/mol. The SMILES string of the molecule is CCOC(CS(=O)C1CCOC1C)OCC. The summed E-state index contributed by atoms with van der Waals surface area (Å²) >= 11 is 0. The molecule has 0 N–H and O–H groups in total. The van der Waals surface area contributed by atoms with Gasteiger partial charge in [0.15, 0.2) is 6.29 Å². The van der Waals surface area contributed by atoms with Crippen LogP contribution in [0, 0.1) is 0 Å². The lowest BCUT2D eigenvalue weighted by atomic mass is 10.3. The van der Waals surface area contributed by atoms with Gasteiger partial charge < -0.3 is 14.2 Å². The Labute approximate surface area is 100 Å². The molecule has 0 bridgehead atoms. The van der Waals surface area contributed by atoms with Crippen molar-refractivity contribution in [3.63, 3.8) is 0 Å². The van der Waals surface area contributed by atoms with Gasteiger partial charge in [-0.2, -0.15) is 0 Å². The van der Waals surface area contributed by atoms with Crippen molar-refractivity contribution in [3.05, 3.63) is 0 Å². The first-order valence-electron chi connectivity index (χ1n) is 5.91. The van der Waals surface area contributed by atoms with Crippen LogP contribution in [0.5, 0.6) is 0 Å². The summed E-state index contributed by atoms with van der Waals surface area (Å²) in [5.41, 5.74) is 0. The van der Waals surface area contributed by atoms with E-state index in [1.807, 2.05) is 20.8 Å². The maximum Gasteiger partial charge on any atom is 0.168 e. The van der Waals surface area contributed by atoms with Gasteiger partial charge in [-0.05, 0) is 27.2 Å². The van der Waals surface area contributed by atoms with Crippen LogP contribution in [-0.2, 0) is 25.0 Å². The minimum absolute atomic E-state index is 0.0877. The highest BCUT2D eigenvalue weighted by atomic mass is 32.2. The van der Waals surface area contributed by atoms with Crippen molar-refractivity contribution in [2.75, 3.05) is 25.6 Å². The molecule has 0 saturated carbocycles. The molecule has 0 aliphatic carbocycles. The average molecular weight is 250 g/mol. The molecule has 0 amide bonds. The molecule has 1 heterocycles. The van der Waals surface area contributed by atoms with Crippen LogP contribution in [0.25, 0.3) is 0 Å². The molecule has 0 radical (unpaired) electrons. The van der Waals surface area contributed by atoms with Crippen LogP contribution in [0.15, 0.2) is 0 Å². The van der Waals surface area contributed by atoms with Gasteiger partial charge in [0.25, 0.3) is 0 Å². The molecule has 0 aromatic rings. The highest BCUT2D eigenvalue weighted by Crippen LogP contribution is 2.19. The van der Waals surface area contributed by atoms with Crippen LogP contribution in [0.1, 0.15) is 27.2 Å². The molecule has 0 aromatic carbocycles. The second-order valence-electron chi connectivity index (χ2n) is 3.79. The molecule has 1 aliphatic rings. The first-order valence-corrected chi connectivity index (χ1v) is 7.29. The summed E-state index contributed by atoms with van der Waals surface area (Å²) in [7, 11) is -0.933. The zero-order valence-electron chi connectivity index (χ0n) is 10.3. The van der Waals surface area contributed by atoms with E-state index < -0.39 is 10.8 Å². The van der Waals surface area contributed by atoms with Crippen molar-refractivity contribution >= 4 is 10.8 Å². The molecule has 1 saturated heterocycles. The quantitative estimate of drug-likeness (QED) is 0.639. The minimum Gasteiger partial charge on any atom is -0.377 e. The molecule has 96 valence electrons. The van der Waals surface area contributed by atoms with E-state index >= 15 is 0 Å². The normalized spacial score (nSPS) is 27.5. The van der Waals surface area contributed by atoms with Gasteiger partial charge in [-0.1, -0.05) is 0 Å². The van der Waals surface area contributed by atoms with Crippen LogP contribution in [0.2, 0.25) is 0 Å². The van der Waals surface area contributed by atoms with Crippen LogP contribution in [0.4, 0.5) is 0 Å². The lowest BCUT2D eigenvalue weighted by molar-refractivity contribution is -0.120. The molecule has 1 fully saturated rings. The summed E-state index contributed by atoms with van der Waals surface area (Å²) in [6.07, 6.45) is 0.618. The van der Waals surface area contributed by atoms with E-state index in [2.05, 4.69) is 0 Å². The molecule has 5 heteroatoms. The predicted molar refractivity (Wildman–Crippen MR) is 63.9 cm³/mol. The van der Waals surface area contributed by atoms with Crippen LogP contribution >= 0.6 is 0 Å². The van der Waals surface area contributed by atoms with Crippen molar-refractivity contribution < 1.29 is 18.4 Å². The highest BCUT2D eigenvalue weighted by molar-refractivity contribution is 7.85. The highest BCUT2D eigenvalue weighted by Gasteiger charge is 2.31. The van der Waals surface area contributed by atoms with Gasteiger partial charge in [-0.25, -0.2) is 0 Å². The maximum absolute atomic E-state index is 12.1. The second-order valence-corrected chi connectivity index (χ2v) is 5.49. The van der Waals surface area contributed by atoms with Gasteiger partial charge in [0.05, 0.1) is 17.1 Å². The number of hydrogen-bond donors (Lipinski definition) is 0. The fraction of sp³-hybridized carbons (Fsp3) is 1.00. The molecule has 1 rings (SSSR count). The maximum atomic E-state index is 12.1. The fourth-order valence-electron chi connectivity index (χ4n) is 1.83. The zero-order valence-corrected chi connectivity index (χ0v) is 11.1. The predicted octanol–water partition coefficient (Wildman–Crippen LogP) is 1.31. The number of rotatable bonds is 7. The molecule has 4 nitrogen and oxygen atoms in total. The van der Waals surface area contributed by atoms with Crippen molar-refractivity contribution in [2.45, 2.75) is 44.8 Å². The Kier molecular flexibility index (Phi) is 6.49. The van der Waals surface area contributed by atoms with Crippen molar-refractivity contribution in [3.8, 4) is 0 Å². The minimum atomic E-state index is -0.933. The Morgan fingerprint density at radius 2 is 2.00 bits per heavy atom. The summed E-state index contributed by atoms with van der Waals surface area (Å²) in [4.78, 5) is 0. The van der Waals surface area contributed by atoms with Crippen LogP contribution in [-0.4, -0.2) is 47.4 Å². The molecule has 0 aromatic heterocycles. The summed E-state index contributed by atoms with van der Waals surface area (Å²) in [5.74, 6) is 0.444. The van der Waals surface area contributed by atoms with Gasteiger partial charge in [-0.15, -0.1) is 0 Å². The first kappa shape index (κ1) is 14.1. The van der Waals surface area contributed by atoms with E-state index in [0.29, 0.717) is 25.6 Å². The fourth-order valence-corrected chi connectivity index (χ4v) is 3.40. The lowest BCUT2D eigenvalue weighted by Gasteiger charge is -2.19. The molecule has 3 unspecified atom stereocenters. The molecule has 3 atom stereocenters. The summed E-state index contributed by atoms with van der Waals surface area (Å²) in [6, 6.07) is 0. The topological polar surface area (TPSA) is 44.8 Å². The van der Waals surface area contributed by atoms with Gasteiger partial charge in [0.1, 0.15) is 0 Å². The number of hydrogen-bond acceptors (Lipinski definition) is 4. The van der Waals surface area contributed by atoms with E-state index in [4.69, 9.17) is 14.2 Å². The summed E-state index contributed by atoms with van der Waals surface area (Å²) in [6.45, 7) is 7.68. The Bertz CT molecular complexity index is 216. The van der Waals surface area contributed by atoms with Gasteiger partial charge in [0, 0.05) is 30.6 Å². The Morgan fingerprint density at radius 1 is 1.38 bits per heavy atom. The van der Waals surface area contributed by atoms with E-state index in [0.717, 1.165) is 6.42 Å². The Morgan fingerprint density at radius 3 is 2.44 bits per heavy atom. The summed E-state index contributed by atoms with van der Waals surface area (Å²) in [5, 5.41) is 0.128. The number of ether oxygens (including phenoxy) is 3. The van der Waals surface area contributed by atoms with Gasteiger partial charge >= 0.3 is 0 Å². The second kappa shape index (κ2) is 7.37. The molecule has 0 spiro atoms. The van der Waals surface area contributed by atoms with Crippen LogP contribution in [0.3, 0.4) is 0 Å². The largest absolute Gasteiger partial charge is 0.377 e. The van der Waals surface area contributed by atoms with E-state index in [1.54, 1.807) is 0 Å². The van der Waals surface area contributed by atoms with E-state index in [1.165, 1.54) is 0 Å². The summed E-state index contributed by atoms with van der Waals surface area (Å²) < 4.78 is 28.3. The van der Waals surface area contributed by atoms with Gasteiger partial charge in [-0.3, -0.25) is 4.21 Å².